The van der Waals surface area contributed by atoms with Crippen molar-refractivity contribution in [1.82, 2.24) is 15.3 Å². The zero-order chi connectivity index (χ0) is 48.7. The van der Waals surface area contributed by atoms with Crippen LogP contribution in [-0.4, -0.2) is 75.7 Å². The van der Waals surface area contributed by atoms with E-state index in [0.717, 1.165) is 66.4 Å². The molecule has 1 fully saturated rings. The molecule has 68 heavy (non-hydrogen) atoms. The Labute approximate surface area is 411 Å². The van der Waals surface area contributed by atoms with Crippen LogP contribution in [-0.2, 0) is 32.0 Å². The summed E-state index contributed by atoms with van der Waals surface area (Å²) in [5, 5.41) is 25.2. The van der Waals surface area contributed by atoms with Crippen LogP contribution in [0.1, 0.15) is 117 Å². The number of fused-ring (bicyclic) bond motifs is 2. The molecule has 1 aliphatic heterocycles. The van der Waals surface area contributed by atoms with Gasteiger partial charge in [-0.3, -0.25) is 9.59 Å². The number of aromatic nitrogens is 3. The molecule has 0 amide bonds. The predicted molar refractivity (Wildman–Crippen MR) is 265 cm³/mol. The highest BCUT2D eigenvalue weighted by molar-refractivity contribution is 5.88. The number of carbonyl (C=O) groups is 2. The summed E-state index contributed by atoms with van der Waals surface area (Å²) in [6.45, 7) is 20.1. The van der Waals surface area contributed by atoms with Crippen LogP contribution in [0, 0.1) is 36.0 Å². The summed E-state index contributed by atoms with van der Waals surface area (Å²) < 4.78 is 19.5. The normalized spacial score (nSPS) is 22.5. The van der Waals surface area contributed by atoms with Crippen molar-refractivity contribution in [3.8, 4) is 5.75 Å². The van der Waals surface area contributed by atoms with Gasteiger partial charge in [0.05, 0.1) is 23.5 Å². The van der Waals surface area contributed by atoms with Gasteiger partial charge in [-0.05, 0) is 80.7 Å². The Morgan fingerprint density at radius 3 is 2.47 bits per heavy atom. The van der Waals surface area contributed by atoms with Crippen LogP contribution in [0.15, 0.2) is 96.9 Å². The maximum Gasteiger partial charge on any atom is 0.311 e. The first kappa shape index (κ1) is 55.7. The third kappa shape index (κ3) is 16.4. The van der Waals surface area contributed by atoms with E-state index in [1.165, 1.54) is 11.3 Å². The maximum atomic E-state index is 12.9. The lowest BCUT2D eigenvalue weighted by molar-refractivity contribution is -0.694. The number of halogens is 1. The van der Waals surface area contributed by atoms with E-state index in [9.17, 15) is 19.8 Å². The Kier molecular flexibility index (Phi) is 21.9. The van der Waals surface area contributed by atoms with Gasteiger partial charge < -0.3 is 47.9 Å². The molecule has 3 aliphatic rings. The van der Waals surface area contributed by atoms with Gasteiger partial charge in [-0.2, -0.15) is 4.57 Å². The molecule has 7 rings (SSSR count). The molecule has 4 aromatic rings. The van der Waals surface area contributed by atoms with Gasteiger partial charge in [-0.1, -0.05) is 102 Å². The molecule has 2 aromatic carbocycles. The van der Waals surface area contributed by atoms with E-state index in [-0.39, 0.29) is 48.9 Å². The molecule has 0 radical (unpaired) electrons. The molecule has 3 heterocycles. The lowest BCUT2D eigenvalue weighted by Crippen LogP contribution is -3.00. The number of pyridine rings is 1. The number of aryl methyl sites for hydroxylation is 2. The van der Waals surface area contributed by atoms with Crippen molar-refractivity contribution in [1.29, 1.82) is 0 Å². The Balaban J connectivity index is 0.000000231. The van der Waals surface area contributed by atoms with Crippen molar-refractivity contribution in [2.75, 3.05) is 18.9 Å². The van der Waals surface area contributed by atoms with Crippen molar-refractivity contribution in [2.24, 2.45) is 29.1 Å². The summed E-state index contributed by atoms with van der Waals surface area (Å²) in [4.78, 5) is 33.3. The lowest BCUT2D eigenvalue weighted by Gasteiger charge is -2.44. The van der Waals surface area contributed by atoms with E-state index in [2.05, 4.69) is 97.8 Å². The predicted octanol–water partition coefficient (Wildman–Crippen LogP) is 5.82. The number of nitrogens with zero attached hydrogens (tertiary/aromatic N) is 3. The number of ether oxygens (including phenoxy) is 3. The molecule has 5 N–H and O–H groups in total. The SMILES string of the molecule is CC(C)NCC(O)COc1cccc2ccccc12.CCC(C)(C)C(=O)O[C@H]1C[C@@H](C)C=C2C=C[C@H](C)[C@H](CC[C@@H]3C[C@@H](O)CC(=O)O3)[C@H]21.CCCc1ncc(C[n+]2ccccc2C)c(N)n1.[Cl-]. The van der Waals surface area contributed by atoms with Crippen molar-refractivity contribution in [3.63, 3.8) is 0 Å². The van der Waals surface area contributed by atoms with Gasteiger partial charge in [0, 0.05) is 62.0 Å². The molecule has 0 spiro atoms. The van der Waals surface area contributed by atoms with Crippen LogP contribution in [0.3, 0.4) is 0 Å². The van der Waals surface area contributed by atoms with E-state index >= 15 is 0 Å². The average molecular weight is 957 g/mol. The number of allylic oxidation sites excluding steroid dienone is 3. The second kappa shape index (κ2) is 26.8. The molecule has 8 atom stereocenters. The zero-order valence-corrected chi connectivity index (χ0v) is 42.6. The zero-order valence-electron chi connectivity index (χ0n) is 41.9. The molecular formula is C55H78ClN5O7. The summed E-state index contributed by atoms with van der Waals surface area (Å²) in [6, 6.07) is 20.5. The van der Waals surface area contributed by atoms with Gasteiger partial charge in [0.1, 0.15) is 42.3 Å². The second-order valence-corrected chi connectivity index (χ2v) is 19.7. The number of hydrogen-bond donors (Lipinski definition) is 4. The topological polar surface area (TPSA) is 170 Å². The van der Waals surface area contributed by atoms with Gasteiger partial charge in [0.25, 0.3) is 0 Å². The second-order valence-electron chi connectivity index (χ2n) is 19.7. The first-order valence-electron chi connectivity index (χ1n) is 24.5. The minimum absolute atomic E-state index is 0. The number of esters is 2. The number of nitrogens with two attached hydrogens (primary N) is 1. The van der Waals surface area contributed by atoms with Gasteiger partial charge >= 0.3 is 11.9 Å². The number of rotatable bonds is 16. The molecule has 12 nitrogen and oxygen atoms in total. The Bertz CT molecular complexity index is 2280. The van der Waals surface area contributed by atoms with Gasteiger partial charge in [0.2, 0.25) is 0 Å². The molecule has 2 aliphatic carbocycles. The summed E-state index contributed by atoms with van der Waals surface area (Å²) in [7, 11) is 0. The van der Waals surface area contributed by atoms with Gasteiger partial charge in [0.15, 0.2) is 18.4 Å². The molecule has 372 valence electrons. The number of nitrogens with one attached hydrogen (secondary N) is 1. The minimum atomic E-state index is -0.601. The fourth-order valence-corrected chi connectivity index (χ4v) is 8.86. The summed E-state index contributed by atoms with van der Waals surface area (Å²) in [5.74, 6) is 3.01. The first-order chi connectivity index (χ1) is 32.0. The number of carbonyl (C=O) groups excluding carboxylic acids is 2. The Hall–Kier alpha value is -4.88. The smallest absolute Gasteiger partial charge is 0.311 e. The Morgan fingerprint density at radius 1 is 1.04 bits per heavy atom. The van der Waals surface area contributed by atoms with E-state index in [1.54, 1.807) is 0 Å². The third-order valence-corrected chi connectivity index (χ3v) is 13.2. The fourth-order valence-electron chi connectivity index (χ4n) is 8.86. The van der Waals surface area contributed by atoms with E-state index in [4.69, 9.17) is 19.9 Å². The molecule has 0 saturated carbocycles. The molecule has 1 unspecified atom stereocenters. The van der Waals surface area contributed by atoms with Crippen LogP contribution >= 0.6 is 0 Å². The molecular weight excluding hydrogens is 878 g/mol. The van der Waals surface area contributed by atoms with Crippen LogP contribution in [0.2, 0.25) is 0 Å². The first-order valence-corrected chi connectivity index (χ1v) is 24.5. The highest BCUT2D eigenvalue weighted by atomic mass is 35.5. The third-order valence-electron chi connectivity index (χ3n) is 13.2. The molecule has 1 saturated heterocycles. The van der Waals surface area contributed by atoms with Crippen molar-refractivity contribution in [2.45, 2.75) is 151 Å². The highest BCUT2D eigenvalue weighted by Gasteiger charge is 2.43. The number of aliphatic hydroxyl groups excluding tert-OH is 2. The lowest BCUT2D eigenvalue weighted by atomic mass is 9.65. The summed E-state index contributed by atoms with van der Waals surface area (Å²) in [5.41, 5.74) is 8.93. The van der Waals surface area contributed by atoms with Crippen molar-refractivity contribution >= 4 is 28.5 Å². The molecule has 0 bridgehead atoms. The largest absolute Gasteiger partial charge is 1.00 e. The number of aliphatic hydroxyl groups is 2. The number of hydrogen-bond acceptors (Lipinski definition) is 11. The minimum Gasteiger partial charge on any atom is -1.00 e. The van der Waals surface area contributed by atoms with E-state index < -0.39 is 17.6 Å². The van der Waals surface area contributed by atoms with E-state index in [0.29, 0.717) is 55.7 Å². The van der Waals surface area contributed by atoms with Gasteiger partial charge in [-0.15, -0.1) is 0 Å². The summed E-state index contributed by atoms with van der Waals surface area (Å²) in [6.07, 6.45) is 14.9. The number of benzene rings is 2. The number of nitrogen functional groups attached to an aromatic ring is 1. The van der Waals surface area contributed by atoms with Crippen LogP contribution in [0.5, 0.6) is 5.75 Å². The van der Waals surface area contributed by atoms with Crippen LogP contribution in [0.4, 0.5) is 5.82 Å². The quantitative estimate of drug-likeness (QED) is 0.0789. The molecule has 13 heteroatoms. The summed E-state index contributed by atoms with van der Waals surface area (Å²) >= 11 is 0. The monoisotopic (exact) mass is 956 g/mol. The van der Waals surface area contributed by atoms with Crippen molar-refractivity contribution in [3.05, 3.63) is 114 Å². The number of cyclic esters (lactones) is 1. The fraction of sp³-hybridized carbons (Fsp3) is 0.545. The van der Waals surface area contributed by atoms with Crippen LogP contribution in [0.25, 0.3) is 10.8 Å². The molecule has 2 aromatic heterocycles. The average Bonchev–Trinajstić information content (AvgIpc) is 3.29. The van der Waals surface area contributed by atoms with Gasteiger partial charge in [-0.25, -0.2) is 9.97 Å². The maximum absolute atomic E-state index is 12.9. The number of anilines is 1. The van der Waals surface area contributed by atoms with Crippen molar-refractivity contribution < 1.29 is 51.0 Å². The van der Waals surface area contributed by atoms with Crippen LogP contribution < -0.4 is 32.8 Å². The highest BCUT2D eigenvalue weighted by Crippen LogP contribution is 2.46. The van der Waals surface area contributed by atoms with E-state index in [1.807, 2.05) is 75.6 Å². The standard InChI is InChI=1S/C25H38O5.C16H21NO2.C14H19N4.ClH/c1-6-25(4,5)24(28)30-21-12-15(2)11-17-8-7-16(3)20(23(17)21)10-9-19-13-18(26)14-22(27)29-19;1-12(2)17-10-14(18)11-19-16-9-5-7-13-6-3-4-8-15(13)16;1-3-6-13-16-9-12(14(15)17-13)10-18-8-5-4-7-11(18)2;/h7-8,11,15-16,18-21,23,26H,6,9-10,12-14H2,1-5H3;3-9,12,14,17-18H,10-11H2,1-2H3;4-5,7-9H,3,6,10H2,1-2H3,(H2,15,16,17);1H/q;;+1;/p-1/t15-,16-,18+,19+,20-,21-,23-;;;/m0.../s1. The Morgan fingerprint density at radius 2 is 1.78 bits per heavy atom.